The normalized spacial score (nSPS) is 19.0. The molecule has 0 heterocycles. The summed E-state index contributed by atoms with van der Waals surface area (Å²) in [6.45, 7) is 0.727. The van der Waals surface area contributed by atoms with Gasteiger partial charge in [0.2, 0.25) is 0 Å². The van der Waals surface area contributed by atoms with Gasteiger partial charge in [-0.1, -0.05) is 35.9 Å². The summed E-state index contributed by atoms with van der Waals surface area (Å²) in [6.07, 6.45) is 2.17. The zero-order valence-corrected chi connectivity index (χ0v) is 9.80. The van der Waals surface area contributed by atoms with E-state index in [0.29, 0.717) is 5.92 Å². The van der Waals surface area contributed by atoms with E-state index in [2.05, 4.69) is 24.3 Å². The summed E-state index contributed by atoms with van der Waals surface area (Å²) < 4.78 is 0. The lowest BCUT2D eigenvalue weighted by atomic mass is 9.81. The molecule has 0 fully saturated rings. The highest BCUT2D eigenvalue weighted by molar-refractivity contribution is 6.32. The summed E-state index contributed by atoms with van der Waals surface area (Å²) >= 11 is 6.27. The summed E-state index contributed by atoms with van der Waals surface area (Å²) in [6, 6.07) is 10.6. The second kappa shape index (κ2) is 3.76. The summed E-state index contributed by atoms with van der Waals surface area (Å²) in [7, 11) is 0. The quantitative estimate of drug-likeness (QED) is 0.799. The molecule has 0 saturated carbocycles. The minimum Gasteiger partial charge on any atom is -0.330 e. The average molecular weight is 232 g/mol. The van der Waals surface area contributed by atoms with Gasteiger partial charge in [-0.15, -0.1) is 0 Å². The van der Waals surface area contributed by atoms with Crippen LogP contribution in [0.15, 0.2) is 30.3 Å². The second-order valence-electron chi connectivity index (χ2n) is 4.44. The van der Waals surface area contributed by atoms with Crippen LogP contribution in [0.1, 0.15) is 23.5 Å². The van der Waals surface area contributed by atoms with Gasteiger partial charge < -0.3 is 5.73 Å². The first-order chi connectivity index (χ1) is 7.81. The Morgan fingerprint density at radius 1 is 1.25 bits per heavy atom. The highest BCUT2D eigenvalue weighted by Crippen LogP contribution is 2.39. The number of rotatable bonds is 1. The fourth-order valence-electron chi connectivity index (χ4n) is 2.76. The molecule has 0 amide bonds. The van der Waals surface area contributed by atoms with E-state index in [9.17, 15) is 0 Å². The van der Waals surface area contributed by atoms with Gasteiger partial charge in [0.15, 0.2) is 0 Å². The molecule has 0 aromatic heterocycles. The lowest BCUT2D eigenvalue weighted by Crippen LogP contribution is -2.17. The third-order valence-corrected chi connectivity index (χ3v) is 3.95. The number of hydrogen-bond acceptors (Lipinski definition) is 1. The maximum atomic E-state index is 6.27. The predicted octanol–water partition coefficient (Wildman–Crippen LogP) is 3.48. The highest BCUT2D eigenvalue weighted by atomic mass is 35.5. The van der Waals surface area contributed by atoms with Crippen LogP contribution in [0.4, 0.5) is 0 Å². The van der Waals surface area contributed by atoms with Crippen molar-refractivity contribution in [1.82, 2.24) is 0 Å². The predicted molar refractivity (Wildman–Crippen MR) is 69.1 cm³/mol. The zero-order chi connectivity index (χ0) is 11.1. The third-order valence-electron chi connectivity index (χ3n) is 3.60. The number of hydrogen-bond donors (Lipinski definition) is 1. The first-order valence-corrected chi connectivity index (χ1v) is 6.09. The van der Waals surface area contributed by atoms with Gasteiger partial charge in [-0.25, -0.2) is 0 Å². The van der Waals surface area contributed by atoms with Crippen LogP contribution < -0.4 is 5.73 Å². The van der Waals surface area contributed by atoms with Crippen molar-refractivity contribution in [3.63, 3.8) is 0 Å². The van der Waals surface area contributed by atoms with Crippen LogP contribution in [-0.2, 0) is 6.42 Å². The lowest BCUT2D eigenvalue weighted by Gasteiger charge is -2.25. The van der Waals surface area contributed by atoms with Gasteiger partial charge in [-0.2, -0.15) is 0 Å². The van der Waals surface area contributed by atoms with E-state index in [4.69, 9.17) is 17.3 Å². The van der Waals surface area contributed by atoms with Crippen LogP contribution in [0.2, 0.25) is 5.02 Å². The van der Waals surface area contributed by atoms with Gasteiger partial charge in [0, 0.05) is 5.02 Å². The molecular weight excluding hydrogens is 218 g/mol. The fraction of sp³-hybridized carbons (Fsp3) is 0.286. The lowest BCUT2D eigenvalue weighted by molar-refractivity contribution is 0.626. The summed E-state index contributed by atoms with van der Waals surface area (Å²) in [4.78, 5) is 0. The molecule has 0 radical (unpaired) electrons. The van der Waals surface area contributed by atoms with E-state index in [0.717, 1.165) is 24.4 Å². The maximum absolute atomic E-state index is 6.27. The van der Waals surface area contributed by atoms with Crippen LogP contribution in [0.3, 0.4) is 0 Å². The first kappa shape index (κ1) is 10.1. The Kier molecular flexibility index (Phi) is 2.38. The maximum Gasteiger partial charge on any atom is 0.0444 e. The Labute approximate surface area is 100 Å². The van der Waals surface area contributed by atoms with Gasteiger partial charge in [-0.3, -0.25) is 0 Å². The van der Waals surface area contributed by atoms with Gasteiger partial charge in [0.05, 0.1) is 0 Å². The summed E-state index contributed by atoms with van der Waals surface area (Å²) in [5.74, 6) is 0.495. The molecule has 2 N–H and O–H groups in total. The molecule has 0 bridgehead atoms. The van der Waals surface area contributed by atoms with Gasteiger partial charge in [0.1, 0.15) is 0 Å². The van der Waals surface area contributed by atoms with Gasteiger partial charge >= 0.3 is 0 Å². The summed E-state index contributed by atoms with van der Waals surface area (Å²) in [5.41, 5.74) is 8.52. The fourth-order valence-corrected chi connectivity index (χ4v) is 3.01. The van der Waals surface area contributed by atoms with E-state index >= 15 is 0 Å². The molecule has 2 heteroatoms. The monoisotopic (exact) mass is 231 g/mol. The molecule has 1 unspecified atom stereocenters. The molecule has 1 aliphatic rings. The molecule has 1 atom stereocenters. The minimum absolute atomic E-state index is 0.495. The average Bonchev–Trinajstić information content (AvgIpc) is 2.34. The molecular formula is C14H14ClN. The SMILES string of the molecule is NCC1CCc2c(Cl)ccc3cccc1c23. The van der Waals surface area contributed by atoms with Crippen LogP contribution in [0.5, 0.6) is 0 Å². The molecule has 2 aromatic rings. The van der Waals surface area contributed by atoms with Crippen molar-refractivity contribution >= 4 is 22.4 Å². The van der Waals surface area contributed by atoms with Crippen LogP contribution in [-0.4, -0.2) is 6.54 Å². The van der Waals surface area contributed by atoms with Crippen molar-refractivity contribution in [1.29, 1.82) is 0 Å². The Hall–Kier alpha value is -1.05. The Morgan fingerprint density at radius 2 is 2.12 bits per heavy atom. The molecule has 0 saturated heterocycles. The molecule has 0 spiro atoms. The van der Waals surface area contributed by atoms with E-state index in [1.54, 1.807) is 0 Å². The second-order valence-corrected chi connectivity index (χ2v) is 4.85. The Morgan fingerprint density at radius 3 is 2.94 bits per heavy atom. The topological polar surface area (TPSA) is 26.0 Å². The van der Waals surface area contributed by atoms with E-state index < -0.39 is 0 Å². The molecule has 0 aliphatic heterocycles. The smallest absolute Gasteiger partial charge is 0.0444 e. The first-order valence-electron chi connectivity index (χ1n) is 5.71. The van der Waals surface area contributed by atoms with E-state index in [1.165, 1.54) is 21.9 Å². The summed E-state index contributed by atoms with van der Waals surface area (Å²) in [5, 5.41) is 3.53. The standard InChI is InChI=1S/C14H14ClN/c15-13-7-5-9-2-1-3-11-10(8-16)4-6-12(13)14(9)11/h1-3,5,7,10H,4,6,8,16H2. The van der Waals surface area contributed by atoms with Crippen molar-refractivity contribution in [2.75, 3.05) is 6.54 Å². The third kappa shape index (κ3) is 1.35. The number of benzene rings is 2. The number of halogens is 1. The van der Waals surface area contributed by atoms with Crippen molar-refractivity contribution in [2.45, 2.75) is 18.8 Å². The van der Waals surface area contributed by atoms with Crippen LogP contribution >= 0.6 is 11.6 Å². The van der Waals surface area contributed by atoms with Crippen LogP contribution in [0.25, 0.3) is 10.8 Å². The van der Waals surface area contributed by atoms with E-state index in [-0.39, 0.29) is 0 Å². The van der Waals surface area contributed by atoms with Crippen molar-refractivity contribution in [2.24, 2.45) is 5.73 Å². The van der Waals surface area contributed by atoms with Crippen molar-refractivity contribution < 1.29 is 0 Å². The Bertz CT molecular complexity index is 548. The highest BCUT2D eigenvalue weighted by Gasteiger charge is 2.21. The minimum atomic E-state index is 0.495. The van der Waals surface area contributed by atoms with Crippen molar-refractivity contribution in [3.05, 3.63) is 46.5 Å². The van der Waals surface area contributed by atoms with Gasteiger partial charge in [0.25, 0.3) is 0 Å². The molecule has 16 heavy (non-hydrogen) atoms. The van der Waals surface area contributed by atoms with E-state index in [1.807, 2.05) is 6.07 Å². The van der Waals surface area contributed by atoms with Gasteiger partial charge in [-0.05, 0) is 53.3 Å². The molecule has 1 aliphatic carbocycles. The van der Waals surface area contributed by atoms with Crippen molar-refractivity contribution in [3.8, 4) is 0 Å². The number of nitrogens with two attached hydrogens (primary N) is 1. The Balaban J connectivity index is 2.39. The van der Waals surface area contributed by atoms with Crippen LogP contribution in [0, 0.1) is 0 Å². The molecule has 82 valence electrons. The largest absolute Gasteiger partial charge is 0.330 e. The molecule has 2 aromatic carbocycles. The molecule has 1 nitrogen and oxygen atoms in total. The number of aryl methyl sites for hydroxylation is 1. The zero-order valence-electron chi connectivity index (χ0n) is 9.04. The molecule has 3 rings (SSSR count).